The molecule has 2 amide bonds. The lowest BCUT2D eigenvalue weighted by Crippen LogP contribution is -2.45. The van der Waals surface area contributed by atoms with Gasteiger partial charge in [0, 0.05) is 38.5 Å². The Hall–Kier alpha value is -2.70. The second kappa shape index (κ2) is 10.0. The molecule has 0 radical (unpaired) electrons. The lowest BCUT2D eigenvalue weighted by molar-refractivity contribution is -0.146. The number of amides is 2. The number of ketones is 1. The molecule has 0 atom stereocenters. The van der Waals surface area contributed by atoms with Gasteiger partial charge in [-0.1, -0.05) is 31.2 Å². The predicted octanol–water partition coefficient (Wildman–Crippen LogP) is 1.99. The molecule has 0 saturated carbocycles. The molecule has 1 aromatic rings. The van der Waals surface area contributed by atoms with Crippen molar-refractivity contribution in [1.82, 2.24) is 9.80 Å². The third-order valence-electron chi connectivity index (χ3n) is 5.25. The highest BCUT2D eigenvalue weighted by atomic mass is 16.4. The van der Waals surface area contributed by atoms with E-state index in [-0.39, 0.29) is 37.0 Å². The maximum absolute atomic E-state index is 12.3. The lowest BCUT2D eigenvalue weighted by Gasteiger charge is -2.31. The van der Waals surface area contributed by atoms with Crippen LogP contribution < -0.4 is 0 Å². The smallest absolute Gasteiger partial charge is 0.306 e. The fraction of sp³-hybridized carbons (Fsp3) is 0.524. The molecule has 1 aromatic carbocycles. The Labute approximate surface area is 165 Å². The van der Waals surface area contributed by atoms with Gasteiger partial charge in [-0.05, 0) is 24.8 Å². The second-order valence-electron chi connectivity index (χ2n) is 7.22. The number of likely N-dealkylation sites (N-methyl/N-ethyl adjacent to an activating group) is 1. The molecule has 1 N–H and O–H groups in total. The third-order valence-corrected chi connectivity index (χ3v) is 5.25. The van der Waals surface area contributed by atoms with Gasteiger partial charge in [0.15, 0.2) is 5.78 Å². The van der Waals surface area contributed by atoms with Crippen molar-refractivity contribution in [3.05, 3.63) is 35.4 Å². The molecule has 7 nitrogen and oxygen atoms in total. The molecule has 0 aliphatic carbocycles. The fourth-order valence-corrected chi connectivity index (χ4v) is 3.25. The van der Waals surface area contributed by atoms with E-state index >= 15 is 0 Å². The molecule has 1 aliphatic heterocycles. The summed E-state index contributed by atoms with van der Waals surface area (Å²) in [5.74, 6) is -1.77. The van der Waals surface area contributed by atoms with E-state index in [2.05, 4.69) is 0 Å². The topological polar surface area (TPSA) is 95.0 Å². The number of nitrogens with zero attached hydrogens (tertiary/aromatic N) is 2. The van der Waals surface area contributed by atoms with Crippen molar-refractivity contribution in [3.63, 3.8) is 0 Å². The van der Waals surface area contributed by atoms with Gasteiger partial charge in [-0.25, -0.2) is 0 Å². The number of piperidine rings is 1. The quantitative estimate of drug-likeness (QED) is 0.687. The summed E-state index contributed by atoms with van der Waals surface area (Å²) in [6.45, 7) is 2.77. The van der Waals surface area contributed by atoms with E-state index in [0.29, 0.717) is 31.5 Å². The number of Topliss-reactive ketones (excluding diaryl/α,β-unsaturated/α-hetero) is 1. The van der Waals surface area contributed by atoms with E-state index in [1.807, 2.05) is 19.1 Å². The van der Waals surface area contributed by atoms with Crippen LogP contribution in [0, 0.1) is 5.92 Å². The first-order chi connectivity index (χ1) is 13.3. The highest BCUT2D eigenvalue weighted by Crippen LogP contribution is 2.17. The standard InChI is InChI=1S/C21H28N2O5/c1-3-15-4-6-16(7-5-15)18(24)8-9-19(25)22(2)14-20(26)23-12-10-17(11-13-23)21(27)28/h4-7,17H,3,8-14H2,1-2H3,(H,27,28). The number of carbonyl (C=O) groups is 4. The predicted molar refractivity (Wildman–Crippen MR) is 104 cm³/mol. The van der Waals surface area contributed by atoms with Gasteiger partial charge in [-0.3, -0.25) is 19.2 Å². The SMILES string of the molecule is CCc1ccc(C(=O)CCC(=O)N(C)CC(=O)N2CCC(C(=O)O)CC2)cc1. The van der Waals surface area contributed by atoms with Gasteiger partial charge >= 0.3 is 5.97 Å². The van der Waals surface area contributed by atoms with Crippen LogP contribution in [0.4, 0.5) is 0 Å². The summed E-state index contributed by atoms with van der Waals surface area (Å²) < 4.78 is 0. The first kappa shape index (κ1) is 21.6. The molecule has 0 aromatic heterocycles. The molecule has 2 rings (SSSR count). The largest absolute Gasteiger partial charge is 0.481 e. The number of hydrogen-bond acceptors (Lipinski definition) is 4. The van der Waals surface area contributed by atoms with Gasteiger partial charge in [-0.15, -0.1) is 0 Å². The number of aryl methyl sites for hydroxylation is 1. The summed E-state index contributed by atoms with van der Waals surface area (Å²) in [6, 6.07) is 7.38. The molecule has 1 fully saturated rings. The molecule has 28 heavy (non-hydrogen) atoms. The zero-order valence-electron chi connectivity index (χ0n) is 16.5. The van der Waals surface area contributed by atoms with Crippen molar-refractivity contribution in [1.29, 1.82) is 0 Å². The van der Waals surface area contributed by atoms with Crippen LogP contribution >= 0.6 is 0 Å². The summed E-state index contributed by atoms with van der Waals surface area (Å²) in [6.07, 6.45) is 1.93. The Kier molecular flexibility index (Phi) is 7.72. The van der Waals surface area contributed by atoms with Crippen molar-refractivity contribution in [2.75, 3.05) is 26.7 Å². The second-order valence-corrected chi connectivity index (χ2v) is 7.22. The van der Waals surface area contributed by atoms with Gasteiger partial charge in [0.1, 0.15) is 0 Å². The van der Waals surface area contributed by atoms with E-state index in [1.165, 1.54) is 4.90 Å². The van der Waals surface area contributed by atoms with E-state index in [0.717, 1.165) is 12.0 Å². The Balaban J connectivity index is 1.76. The van der Waals surface area contributed by atoms with Gasteiger partial charge < -0.3 is 14.9 Å². The van der Waals surface area contributed by atoms with Crippen molar-refractivity contribution in [2.24, 2.45) is 5.92 Å². The monoisotopic (exact) mass is 388 g/mol. The van der Waals surface area contributed by atoms with Gasteiger partial charge in [-0.2, -0.15) is 0 Å². The van der Waals surface area contributed by atoms with E-state index < -0.39 is 11.9 Å². The van der Waals surface area contributed by atoms with Crippen LogP contribution in [0.3, 0.4) is 0 Å². The molecule has 1 aliphatic rings. The molecule has 7 heteroatoms. The molecular formula is C21H28N2O5. The summed E-state index contributed by atoms with van der Waals surface area (Å²) in [4.78, 5) is 50.7. The molecular weight excluding hydrogens is 360 g/mol. The minimum atomic E-state index is -0.826. The molecule has 0 spiro atoms. The average Bonchev–Trinajstić information content (AvgIpc) is 2.71. The number of likely N-dealkylation sites (tertiary alicyclic amines) is 1. The third kappa shape index (κ3) is 5.90. The van der Waals surface area contributed by atoms with Gasteiger partial charge in [0.05, 0.1) is 12.5 Å². The lowest BCUT2D eigenvalue weighted by atomic mass is 9.97. The molecule has 152 valence electrons. The van der Waals surface area contributed by atoms with E-state index in [9.17, 15) is 19.2 Å². The Morgan fingerprint density at radius 3 is 2.21 bits per heavy atom. The number of aliphatic carboxylic acids is 1. The fourth-order valence-electron chi connectivity index (χ4n) is 3.25. The summed E-state index contributed by atoms with van der Waals surface area (Å²) in [5.41, 5.74) is 1.74. The van der Waals surface area contributed by atoms with Crippen LogP contribution in [-0.4, -0.2) is 65.2 Å². The van der Waals surface area contributed by atoms with Crippen LogP contribution in [0.2, 0.25) is 0 Å². The Morgan fingerprint density at radius 1 is 1.07 bits per heavy atom. The summed E-state index contributed by atoms with van der Waals surface area (Å²) in [7, 11) is 1.55. The normalized spacial score (nSPS) is 14.6. The van der Waals surface area contributed by atoms with Crippen molar-refractivity contribution >= 4 is 23.6 Å². The highest BCUT2D eigenvalue weighted by molar-refractivity contribution is 5.98. The van der Waals surface area contributed by atoms with Crippen LogP contribution in [0.5, 0.6) is 0 Å². The van der Waals surface area contributed by atoms with Gasteiger partial charge in [0.2, 0.25) is 11.8 Å². The van der Waals surface area contributed by atoms with Gasteiger partial charge in [0.25, 0.3) is 0 Å². The Morgan fingerprint density at radius 2 is 1.68 bits per heavy atom. The first-order valence-electron chi connectivity index (χ1n) is 9.68. The molecule has 1 saturated heterocycles. The number of benzene rings is 1. The number of carbonyl (C=O) groups excluding carboxylic acids is 3. The van der Waals surface area contributed by atoms with Crippen molar-refractivity contribution in [2.45, 2.75) is 39.0 Å². The minimum absolute atomic E-state index is 0.0548. The zero-order chi connectivity index (χ0) is 20.7. The zero-order valence-corrected chi connectivity index (χ0v) is 16.5. The number of carboxylic acid groups (broad SMARTS) is 1. The molecule has 1 heterocycles. The van der Waals surface area contributed by atoms with E-state index in [4.69, 9.17) is 5.11 Å². The maximum Gasteiger partial charge on any atom is 0.306 e. The van der Waals surface area contributed by atoms with Crippen molar-refractivity contribution < 1.29 is 24.3 Å². The number of carboxylic acids is 1. The average molecular weight is 388 g/mol. The summed E-state index contributed by atoms with van der Waals surface area (Å²) in [5, 5.41) is 9.01. The Bertz CT molecular complexity index is 721. The summed E-state index contributed by atoms with van der Waals surface area (Å²) >= 11 is 0. The van der Waals surface area contributed by atoms with Crippen LogP contribution in [0.1, 0.15) is 48.5 Å². The first-order valence-corrected chi connectivity index (χ1v) is 9.68. The minimum Gasteiger partial charge on any atom is -0.481 e. The highest BCUT2D eigenvalue weighted by Gasteiger charge is 2.27. The van der Waals surface area contributed by atoms with Crippen LogP contribution in [0.15, 0.2) is 24.3 Å². The molecule has 0 bridgehead atoms. The van der Waals surface area contributed by atoms with Crippen LogP contribution in [-0.2, 0) is 20.8 Å². The van der Waals surface area contributed by atoms with Crippen LogP contribution in [0.25, 0.3) is 0 Å². The molecule has 0 unspecified atom stereocenters. The number of hydrogen-bond donors (Lipinski definition) is 1. The number of rotatable bonds is 8. The maximum atomic E-state index is 12.3. The van der Waals surface area contributed by atoms with E-state index in [1.54, 1.807) is 24.1 Å². The van der Waals surface area contributed by atoms with Crippen molar-refractivity contribution in [3.8, 4) is 0 Å².